The van der Waals surface area contributed by atoms with Crippen molar-refractivity contribution in [2.24, 2.45) is 10.8 Å². The highest BCUT2D eigenvalue weighted by Gasteiger charge is 2.39. The van der Waals surface area contributed by atoms with E-state index < -0.39 is 16.9 Å². The monoisotopic (exact) mass is 324 g/mol. The van der Waals surface area contributed by atoms with Gasteiger partial charge in [-0.25, -0.2) is 5.84 Å². The van der Waals surface area contributed by atoms with Crippen LogP contribution in [-0.4, -0.2) is 17.6 Å². The number of aryl methyl sites for hydroxylation is 1. The summed E-state index contributed by atoms with van der Waals surface area (Å²) in [5.41, 5.74) is 1.71. The summed E-state index contributed by atoms with van der Waals surface area (Å²) in [6, 6.07) is 6.61. The van der Waals surface area contributed by atoms with Crippen LogP contribution in [0.2, 0.25) is 0 Å². The van der Waals surface area contributed by atoms with Gasteiger partial charge in [0, 0.05) is 0 Å². The van der Waals surface area contributed by atoms with Gasteiger partial charge in [0.2, 0.25) is 5.43 Å². The minimum absolute atomic E-state index is 0.118. The van der Waals surface area contributed by atoms with E-state index in [0.29, 0.717) is 17.7 Å². The molecule has 0 aromatic heterocycles. The largest absolute Gasteiger partial charge is 0.464 e. The Bertz CT molecular complexity index is 907. The molecule has 1 aliphatic rings. The van der Waals surface area contributed by atoms with Crippen molar-refractivity contribution in [1.29, 1.82) is 0 Å². The first-order valence-electron chi connectivity index (χ1n) is 7.79. The zero-order valence-corrected chi connectivity index (χ0v) is 13.6. The number of hydrazine groups is 1. The van der Waals surface area contributed by atoms with Crippen LogP contribution in [0.5, 0.6) is 0 Å². The summed E-state index contributed by atoms with van der Waals surface area (Å²) in [6.45, 7) is 7.96. The smallest absolute Gasteiger partial charge is 0.308 e. The van der Waals surface area contributed by atoms with Gasteiger partial charge >= 0.3 is 6.02 Å². The summed E-state index contributed by atoms with van der Waals surface area (Å²) in [5.74, 6) is 6.18. The molecule has 6 heteroatoms. The number of hydrogen-bond acceptors (Lipinski definition) is 6. The highest BCUT2D eigenvalue weighted by Crippen LogP contribution is 2.37. The highest BCUT2D eigenvalue weighted by molar-refractivity contribution is 5.83. The van der Waals surface area contributed by atoms with E-state index >= 15 is 0 Å². The maximum absolute atomic E-state index is 12.1. The molecule has 2 N–H and O–H groups in total. The average Bonchev–Trinajstić information content (AvgIpc) is 2.62. The Kier molecular flexibility index (Phi) is 4.07. The SMILES string of the molecule is C=Cc1ccc(CC)[c]c1C1c2c(c(=O)c2=O)N=C(OCC)N1N. The van der Waals surface area contributed by atoms with Crippen molar-refractivity contribution in [2.75, 3.05) is 6.61 Å². The molecule has 0 bridgehead atoms. The third-order valence-corrected chi connectivity index (χ3v) is 4.12. The molecule has 123 valence electrons. The molecule has 24 heavy (non-hydrogen) atoms. The maximum atomic E-state index is 12.1. The van der Waals surface area contributed by atoms with Crippen molar-refractivity contribution in [3.05, 3.63) is 67.5 Å². The molecular formula is C18H18N3O3. The Balaban J connectivity index is 2.22. The lowest BCUT2D eigenvalue weighted by molar-refractivity contribution is 0.218. The number of amidine groups is 1. The summed E-state index contributed by atoms with van der Waals surface area (Å²) < 4.78 is 5.43. The van der Waals surface area contributed by atoms with Gasteiger partial charge in [0.05, 0.1) is 12.2 Å². The van der Waals surface area contributed by atoms with Crippen molar-refractivity contribution in [1.82, 2.24) is 5.01 Å². The van der Waals surface area contributed by atoms with Crippen LogP contribution >= 0.6 is 0 Å². The number of aliphatic imine (C=N–C) groups is 1. The van der Waals surface area contributed by atoms with E-state index in [1.165, 1.54) is 5.01 Å². The molecular weight excluding hydrogens is 306 g/mol. The van der Waals surface area contributed by atoms with Gasteiger partial charge in [-0.05, 0) is 36.1 Å². The zero-order valence-electron chi connectivity index (χ0n) is 13.6. The maximum Gasteiger partial charge on any atom is 0.308 e. The number of benzene rings is 1. The fraction of sp³-hybridized carbons (Fsp3) is 0.278. The third-order valence-electron chi connectivity index (χ3n) is 4.12. The Morgan fingerprint density at radius 2 is 2.12 bits per heavy atom. The van der Waals surface area contributed by atoms with Crippen molar-refractivity contribution < 1.29 is 4.74 Å². The fourth-order valence-electron chi connectivity index (χ4n) is 2.86. The van der Waals surface area contributed by atoms with E-state index in [-0.39, 0.29) is 11.7 Å². The van der Waals surface area contributed by atoms with Crippen molar-refractivity contribution in [3.8, 4) is 0 Å². The normalized spacial score (nSPS) is 16.7. The lowest BCUT2D eigenvalue weighted by Crippen LogP contribution is -2.51. The summed E-state index contributed by atoms with van der Waals surface area (Å²) in [7, 11) is 0. The van der Waals surface area contributed by atoms with E-state index in [0.717, 1.165) is 17.5 Å². The van der Waals surface area contributed by atoms with Crippen LogP contribution in [0.25, 0.3) is 6.08 Å². The van der Waals surface area contributed by atoms with E-state index in [1.54, 1.807) is 13.0 Å². The lowest BCUT2D eigenvalue weighted by atomic mass is 9.88. The lowest BCUT2D eigenvalue weighted by Gasteiger charge is -2.34. The molecule has 2 aromatic carbocycles. The molecule has 0 saturated carbocycles. The molecule has 3 rings (SSSR count). The van der Waals surface area contributed by atoms with Crippen LogP contribution in [0, 0.1) is 6.07 Å². The van der Waals surface area contributed by atoms with E-state index in [1.807, 2.05) is 19.1 Å². The zero-order chi connectivity index (χ0) is 17.4. The number of nitrogens with zero attached hydrogens (tertiary/aromatic N) is 2. The molecule has 1 aliphatic heterocycles. The minimum atomic E-state index is -0.663. The van der Waals surface area contributed by atoms with Gasteiger partial charge in [-0.3, -0.25) is 14.6 Å². The first kappa shape index (κ1) is 16.1. The molecule has 2 aromatic rings. The topological polar surface area (TPSA) is 85.0 Å². The van der Waals surface area contributed by atoms with Gasteiger partial charge in [0.1, 0.15) is 11.7 Å². The number of nitrogens with two attached hydrogens (primary N) is 1. The Morgan fingerprint density at radius 1 is 1.38 bits per heavy atom. The van der Waals surface area contributed by atoms with Gasteiger partial charge in [0.15, 0.2) is 0 Å². The van der Waals surface area contributed by atoms with Gasteiger partial charge in [-0.1, -0.05) is 31.7 Å². The molecule has 1 radical (unpaired) electrons. The van der Waals surface area contributed by atoms with Crippen LogP contribution in [-0.2, 0) is 11.2 Å². The van der Waals surface area contributed by atoms with Crippen LogP contribution in [0.4, 0.5) is 5.69 Å². The summed E-state index contributed by atoms with van der Waals surface area (Å²) in [6.07, 6.45) is 2.46. The quantitative estimate of drug-likeness (QED) is 0.682. The van der Waals surface area contributed by atoms with Crippen molar-refractivity contribution >= 4 is 17.8 Å². The molecule has 1 atom stereocenters. The van der Waals surface area contributed by atoms with Crippen LogP contribution in [0.3, 0.4) is 0 Å². The molecule has 0 amide bonds. The molecule has 0 aliphatic carbocycles. The molecule has 0 fully saturated rings. The fourth-order valence-corrected chi connectivity index (χ4v) is 2.86. The van der Waals surface area contributed by atoms with Crippen LogP contribution in [0.15, 0.2) is 33.3 Å². The van der Waals surface area contributed by atoms with E-state index in [4.69, 9.17) is 10.6 Å². The van der Waals surface area contributed by atoms with Gasteiger partial charge in [-0.2, -0.15) is 4.99 Å². The average molecular weight is 324 g/mol. The first-order valence-corrected chi connectivity index (χ1v) is 7.79. The summed E-state index contributed by atoms with van der Waals surface area (Å²) >= 11 is 0. The van der Waals surface area contributed by atoms with E-state index in [2.05, 4.69) is 17.6 Å². The van der Waals surface area contributed by atoms with Crippen LogP contribution < -0.4 is 16.7 Å². The second-order valence-corrected chi connectivity index (χ2v) is 5.47. The van der Waals surface area contributed by atoms with Gasteiger partial charge < -0.3 is 4.74 Å². The standard InChI is InChI=1S/C18H18N3O3/c1-4-10-7-8-11(5-2)12(9-10)15-13-14(17(23)16(13)22)20-18(21(15)19)24-6-3/h5,7-8,15H,2,4,6,19H2,1,3H3. The van der Waals surface area contributed by atoms with Crippen LogP contribution in [0.1, 0.15) is 42.1 Å². The predicted molar refractivity (Wildman–Crippen MR) is 92.7 cm³/mol. The number of rotatable bonds is 4. The number of fused-ring (bicyclic) bond motifs is 1. The Morgan fingerprint density at radius 3 is 2.75 bits per heavy atom. The first-order chi connectivity index (χ1) is 11.5. The van der Waals surface area contributed by atoms with Crippen molar-refractivity contribution in [2.45, 2.75) is 26.3 Å². The molecule has 1 unspecified atom stereocenters. The third kappa shape index (κ3) is 2.27. The van der Waals surface area contributed by atoms with Crippen molar-refractivity contribution in [3.63, 3.8) is 0 Å². The van der Waals surface area contributed by atoms with Gasteiger partial charge in [-0.15, -0.1) is 0 Å². The minimum Gasteiger partial charge on any atom is -0.464 e. The Labute approximate surface area is 139 Å². The summed E-state index contributed by atoms with van der Waals surface area (Å²) in [4.78, 5) is 28.0. The van der Waals surface area contributed by atoms with E-state index in [9.17, 15) is 9.59 Å². The number of ether oxygens (including phenoxy) is 1. The van der Waals surface area contributed by atoms with Gasteiger partial charge in [0.25, 0.3) is 5.43 Å². The Hall–Kier alpha value is -2.73. The second kappa shape index (κ2) is 6.05. The molecule has 6 nitrogen and oxygen atoms in total. The molecule has 0 saturated heterocycles. The molecule has 0 spiro atoms. The summed E-state index contributed by atoms with van der Waals surface area (Å²) in [5, 5.41) is 1.28. The second-order valence-electron chi connectivity index (χ2n) is 5.47. The number of hydrogen-bond donors (Lipinski definition) is 1. The predicted octanol–water partition coefficient (Wildman–Crippen LogP) is 1.59. The highest BCUT2D eigenvalue weighted by atomic mass is 16.5. The molecule has 1 heterocycles.